The summed E-state index contributed by atoms with van der Waals surface area (Å²) in [6.07, 6.45) is 0.153. The molecule has 1 fully saturated rings. The highest BCUT2D eigenvalue weighted by Crippen LogP contribution is 2.22. The average Bonchev–Trinajstić information content (AvgIpc) is 3.37. The highest BCUT2D eigenvalue weighted by atomic mass is 32.1. The number of aryl methyl sites for hydroxylation is 1. The largest absolute Gasteiger partial charge is 0.383 e. The molecule has 3 amide bonds. The number of methoxy groups -OCH3 is 1. The zero-order valence-electron chi connectivity index (χ0n) is 22.1. The van der Waals surface area contributed by atoms with E-state index in [1.165, 1.54) is 58.9 Å². The molecule has 0 radical (unpaired) electrons. The third-order valence-electron chi connectivity index (χ3n) is 6.50. The van der Waals surface area contributed by atoms with Crippen LogP contribution < -0.4 is 10.2 Å². The number of amides is 3. The number of hydrogen-bond donors (Lipinski definition) is 1. The third-order valence-corrected chi connectivity index (χ3v) is 7.30. The zero-order valence-corrected chi connectivity index (χ0v) is 22.9. The molecule has 1 aromatic heterocycles. The van der Waals surface area contributed by atoms with Gasteiger partial charge in [-0.1, -0.05) is 18.2 Å². The summed E-state index contributed by atoms with van der Waals surface area (Å²) >= 11 is 1.23. The van der Waals surface area contributed by atoms with Gasteiger partial charge >= 0.3 is 0 Å². The van der Waals surface area contributed by atoms with Crippen molar-refractivity contribution in [3.63, 3.8) is 0 Å². The number of anilines is 2. The molecule has 1 N–H and O–H groups in total. The van der Waals surface area contributed by atoms with E-state index in [0.717, 1.165) is 13.1 Å². The van der Waals surface area contributed by atoms with Gasteiger partial charge in [0.1, 0.15) is 12.4 Å². The average molecular weight is 554 g/mol. The number of halogens is 1. The predicted molar refractivity (Wildman–Crippen MR) is 149 cm³/mol. The number of thiazole rings is 1. The molecular weight excluding hydrogens is 521 g/mol. The molecule has 0 saturated carbocycles. The van der Waals surface area contributed by atoms with Gasteiger partial charge < -0.3 is 24.8 Å². The lowest BCUT2D eigenvalue weighted by Crippen LogP contribution is -2.49. The van der Waals surface area contributed by atoms with E-state index in [9.17, 15) is 18.8 Å². The first kappa shape index (κ1) is 28.2. The summed E-state index contributed by atoms with van der Waals surface area (Å²) in [5.41, 5.74) is 3.27. The van der Waals surface area contributed by atoms with Gasteiger partial charge in [0.2, 0.25) is 11.8 Å². The second kappa shape index (κ2) is 13.3. The van der Waals surface area contributed by atoms with Gasteiger partial charge in [0.15, 0.2) is 5.13 Å². The third kappa shape index (κ3) is 7.61. The Labute approximate surface area is 231 Å². The fraction of sp³-hybridized carbons (Fsp3) is 0.357. The minimum absolute atomic E-state index is 0.00162. The number of carbonyl (C=O) groups excluding carboxylic acids is 3. The second-order valence-electron chi connectivity index (χ2n) is 9.25. The first-order chi connectivity index (χ1) is 18.8. The van der Waals surface area contributed by atoms with E-state index in [1.54, 1.807) is 5.38 Å². The van der Waals surface area contributed by atoms with E-state index in [4.69, 9.17) is 4.74 Å². The van der Waals surface area contributed by atoms with Crippen molar-refractivity contribution < 1.29 is 23.5 Å². The van der Waals surface area contributed by atoms with Crippen LogP contribution in [0.2, 0.25) is 0 Å². The number of nitrogens with zero attached hydrogens (tertiary/aromatic N) is 4. The quantitative estimate of drug-likeness (QED) is 0.414. The lowest BCUT2D eigenvalue weighted by Gasteiger charge is -2.36. The molecule has 1 aliphatic rings. The number of piperazine rings is 1. The van der Waals surface area contributed by atoms with E-state index in [-0.39, 0.29) is 37.6 Å². The fourth-order valence-corrected chi connectivity index (χ4v) is 5.11. The molecule has 2 heterocycles. The molecule has 39 heavy (non-hydrogen) atoms. The van der Waals surface area contributed by atoms with E-state index >= 15 is 0 Å². The van der Waals surface area contributed by atoms with Crippen molar-refractivity contribution in [3.8, 4) is 0 Å². The molecule has 11 heteroatoms. The Kier molecular flexibility index (Phi) is 9.61. The van der Waals surface area contributed by atoms with E-state index < -0.39 is 17.6 Å². The molecular formula is C28H32FN5O4S. The Hall–Kier alpha value is -3.83. The van der Waals surface area contributed by atoms with Crippen molar-refractivity contribution in [2.45, 2.75) is 13.3 Å². The van der Waals surface area contributed by atoms with Gasteiger partial charge in [-0.25, -0.2) is 9.37 Å². The van der Waals surface area contributed by atoms with Gasteiger partial charge in [-0.15, -0.1) is 11.3 Å². The number of carbonyl (C=O) groups is 3. The Morgan fingerprint density at radius 1 is 1.08 bits per heavy atom. The van der Waals surface area contributed by atoms with E-state index in [1.807, 2.05) is 17.0 Å². The summed E-state index contributed by atoms with van der Waals surface area (Å²) in [6, 6.07) is 13.4. The van der Waals surface area contributed by atoms with Crippen LogP contribution in [0.3, 0.4) is 0 Å². The molecule has 1 aliphatic heterocycles. The standard InChI is InChI=1S/C28H32FN5O4S/c1-20-5-3-4-6-24(20)32-11-13-33(14-12-32)26(36)17-23-19-39-28(30-23)31-25(35)18-34(15-16-38-2)27(37)21-7-9-22(29)10-8-21/h3-10,19H,11-18H2,1-2H3,(H,30,31,35). The predicted octanol–water partition coefficient (Wildman–Crippen LogP) is 3.21. The van der Waals surface area contributed by atoms with Crippen LogP contribution in [0.4, 0.5) is 15.2 Å². The summed E-state index contributed by atoms with van der Waals surface area (Å²) < 4.78 is 18.3. The normalized spacial score (nSPS) is 13.3. The monoisotopic (exact) mass is 553 g/mol. The highest BCUT2D eigenvalue weighted by molar-refractivity contribution is 7.13. The van der Waals surface area contributed by atoms with Crippen LogP contribution in [0.1, 0.15) is 21.6 Å². The van der Waals surface area contributed by atoms with Crippen molar-refractivity contribution in [2.75, 3.05) is 63.2 Å². The van der Waals surface area contributed by atoms with Gasteiger partial charge in [0.25, 0.3) is 5.91 Å². The van der Waals surface area contributed by atoms with Crippen LogP contribution in [0.5, 0.6) is 0 Å². The Bertz CT molecular complexity index is 1290. The maximum atomic E-state index is 13.2. The highest BCUT2D eigenvalue weighted by Gasteiger charge is 2.23. The number of benzene rings is 2. The molecule has 1 saturated heterocycles. The first-order valence-corrected chi connectivity index (χ1v) is 13.6. The van der Waals surface area contributed by atoms with Crippen molar-refractivity contribution in [2.24, 2.45) is 0 Å². The van der Waals surface area contributed by atoms with Crippen molar-refractivity contribution in [1.29, 1.82) is 0 Å². The maximum absolute atomic E-state index is 13.2. The fourth-order valence-electron chi connectivity index (χ4n) is 4.39. The summed E-state index contributed by atoms with van der Waals surface area (Å²) in [7, 11) is 1.50. The van der Waals surface area contributed by atoms with Crippen LogP contribution in [0.15, 0.2) is 53.9 Å². The van der Waals surface area contributed by atoms with Crippen LogP contribution in [0.25, 0.3) is 0 Å². The molecule has 0 unspecified atom stereocenters. The van der Waals surface area contributed by atoms with E-state index in [0.29, 0.717) is 23.9 Å². The van der Waals surface area contributed by atoms with Crippen molar-refractivity contribution in [1.82, 2.24) is 14.8 Å². The molecule has 2 aromatic carbocycles. The number of hydrogen-bond acceptors (Lipinski definition) is 7. The second-order valence-corrected chi connectivity index (χ2v) is 10.1. The van der Waals surface area contributed by atoms with Crippen LogP contribution in [-0.2, 0) is 20.7 Å². The van der Waals surface area contributed by atoms with Crippen molar-refractivity contribution in [3.05, 3.63) is 76.5 Å². The van der Waals surface area contributed by atoms with Crippen LogP contribution in [0, 0.1) is 12.7 Å². The van der Waals surface area contributed by atoms with Gasteiger partial charge in [0.05, 0.1) is 18.7 Å². The summed E-state index contributed by atoms with van der Waals surface area (Å²) in [4.78, 5) is 48.3. The van der Waals surface area contributed by atoms with Crippen LogP contribution in [-0.4, -0.2) is 85.5 Å². The Morgan fingerprint density at radius 2 is 1.79 bits per heavy atom. The van der Waals surface area contributed by atoms with Gasteiger partial charge in [-0.05, 0) is 42.8 Å². The summed E-state index contributed by atoms with van der Waals surface area (Å²) in [5.74, 6) is -1.29. The number of nitrogens with one attached hydrogen (secondary N) is 1. The number of para-hydroxylation sites is 1. The minimum Gasteiger partial charge on any atom is -0.383 e. The van der Waals surface area contributed by atoms with Gasteiger partial charge in [-0.3, -0.25) is 14.4 Å². The lowest BCUT2D eigenvalue weighted by atomic mass is 10.1. The SMILES string of the molecule is COCCN(CC(=O)Nc1nc(CC(=O)N2CCN(c3ccccc3C)CC2)cs1)C(=O)c1ccc(F)cc1. The topological polar surface area (TPSA) is 95.1 Å². The lowest BCUT2D eigenvalue weighted by molar-refractivity contribution is -0.130. The Balaban J connectivity index is 1.28. The maximum Gasteiger partial charge on any atom is 0.254 e. The molecule has 3 aromatic rings. The molecule has 206 valence electrons. The van der Waals surface area contributed by atoms with Crippen LogP contribution >= 0.6 is 11.3 Å². The van der Waals surface area contributed by atoms with E-state index in [2.05, 4.69) is 34.3 Å². The zero-order chi connectivity index (χ0) is 27.8. The van der Waals surface area contributed by atoms with Gasteiger partial charge in [-0.2, -0.15) is 0 Å². The Morgan fingerprint density at radius 3 is 2.49 bits per heavy atom. The molecule has 0 spiro atoms. The number of aromatic nitrogens is 1. The first-order valence-electron chi connectivity index (χ1n) is 12.7. The molecule has 4 rings (SSSR count). The number of rotatable bonds is 10. The smallest absolute Gasteiger partial charge is 0.254 e. The molecule has 0 atom stereocenters. The minimum atomic E-state index is -0.449. The summed E-state index contributed by atoms with van der Waals surface area (Å²) in [5, 5.41) is 4.82. The van der Waals surface area contributed by atoms with Gasteiger partial charge in [0, 0.05) is 56.5 Å². The molecule has 9 nitrogen and oxygen atoms in total. The summed E-state index contributed by atoms with van der Waals surface area (Å²) in [6.45, 7) is 5.11. The molecule has 0 aliphatic carbocycles. The molecule has 0 bridgehead atoms. The van der Waals surface area contributed by atoms with Crippen molar-refractivity contribution >= 4 is 39.9 Å². The number of ether oxygens (including phenoxy) is 1.